The van der Waals surface area contributed by atoms with E-state index < -0.39 is 6.43 Å². The molecule has 0 N–H and O–H groups in total. The number of hydrogen-bond donors (Lipinski definition) is 0. The number of halogens is 4. The average molecular weight is 382 g/mol. The molecule has 1 aromatic rings. The molecule has 21 heavy (non-hydrogen) atoms. The van der Waals surface area contributed by atoms with Gasteiger partial charge in [0.25, 0.3) is 12.3 Å². The Bertz CT molecular complexity index is 516. The predicted molar refractivity (Wildman–Crippen MR) is 82.1 cm³/mol. The van der Waals surface area contributed by atoms with Crippen LogP contribution in [0.1, 0.15) is 16.8 Å². The first-order chi connectivity index (χ1) is 9.97. The molecule has 116 valence electrons. The third-order valence-corrected chi connectivity index (χ3v) is 4.24. The van der Waals surface area contributed by atoms with E-state index in [0.717, 1.165) is 4.47 Å². The van der Waals surface area contributed by atoms with Crippen LogP contribution in [0, 0.1) is 0 Å². The Morgan fingerprint density at radius 2 is 2.05 bits per heavy atom. The molecule has 3 nitrogen and oxygen atoms in total. The molecule has 1 saturated heterocycles. The third-order valence-electron chi connectivity index (χ3n) is 3.43. The number of rotatable bonds is 3. The van der Waals surface area contributed by atoms with Gasteiger partial charge in [-0.05, 0) is 24.6 Å². The van der Waals surface area contributed by atoms with Crippen LogP contribution in [0.4, 0.5) is 8.78 Å². The van der Waals surface area contributed by atoms with Crippen molar-refractivity contribution in [3.63, 3.8) is 0 Å². The maximum atomic E-state index is 12.5. The first-order valence-electron chi connectivity index (χ1n) is 6.72. The molecule has 1 aliphatic heterocycles. The molecule has 0 radical (unpaired) electrons. The zero-order valence-corrected chi connectivity index (χ0v) is 13.7. The van der Waals surface area contributed by atoms with Crippen molar-refractivity contribution in [3.05, 3.63) is 33.3 Å². The Labute approximate surface area is 136 Å². The second-order valence-corrected chi connectivity index (χ2v) is 6.28. The molecule has 1 fully saturated rings. The summed E-state index contributed by atoms with van der Waals surface area (Å²) < 4.78 is 25.6. The number of amides is 1. The molecule has 1 aromatic carbocycles. The fourth-order valence-electron chi connectivity index (χ4n) is 2.39. The van der Waals surface area contributed by atoms with Crippen LogP contribution in [0.2, 0.25) is 5.02 Å². The van der Waals surface area contributed by atoms with Crippen LogP contribution in [0.25, 0.3) is 0 Å². The van der Waals surface area contributed by atoms with Crippen molar-refractivity contribution in [2.45, 2.75) is 12.8 Å². The molecule has 2 rings (SSSR count). The second kappa shape index (κ2) is 7.51. The van der Waals surface area contributed by atoms with E-state index in [0.29, 0.717) is 43.2 Å². The van der Waals surface area contributed by atoms with Gasteiger partial charge in [0.1, 0.15) is 0 Å². The summed E-state index contributed by atoms with van der Waals surface area (Å²) in [5.41, 5.74) is 0.446. The van der Waals surface area contributed by atoms with Gasteiger partial charge in [-0.1, -0.05) is 27.5 Å². The molecule has 0 spiro atoms. The van der Waals surface area contributed by atoms with Crippen molar-refractivity contribution < 1.29 is 13.6 Å². The highest BCUT2D eigenvalue weighted by Gasteiger charge is 2.23. The summed E-state index contributed by atoms with van der Waals surface area (Å²) in [4.78, 5) is 15.8. The lowest BCUT2D eigenvalue weighted by atomic mass is 10.2. The van der Waals surface area contributed by atoms with Gasteiger partial charge in [-0.3, -0.25) is 9.69 Å². The topological polar surface area (TPSA) is 23.6 Å². The van der Waals surface area contributed by atoms with Gasteiger partial charge in [0.2, 0.25) is 0 Å². The molecule has 0 bridgehead atoms. The van der Waals surface area contributed by atoms with E-state index in [1.165, 1.54) is 0 Å². The lowest BCUT2D eigenvalue weighted by Crippen LogP contribution is -2.36. The van der Waals surface area contributed by atoms with Gasteiger partial charge in [0.15, 0.2) is 0 Å². The lowest BCUT2D eigenvalue weighted by molar-refractivity contribution is 0.0743. The van der Waals surface area contributed by atoms with Gasteiger partial charge in [-0.25, -0.2) is 8.78 Å². The minimum Gasteiger partial charge on any atom is -0.337 e. The van der Waals surface area contributed by atoms with E-state index >= 15 is 0 Å². The first kappa shape index (κ1) is 16.6. The van der Waals surface area contributed by atoms with Gasteiger partial charge in [-0.15, -0.1) is 0 Å². The van der Waals surface area contributed by atoms with Crippen LogP contribution >= 0.6 is 27.5 Å². The highest BCUT2D eigenvalue weighted by atomic mass is 79.9. The van der Waals surface area contributed by atoms with Crippen molar-refractivity contribution in [3.8, 4) is 0 Å². The van der Waals surface area contributed by atoms with Crippen LogP contribution in [0.15, 0.2) is 22.7 Å². The van der Waals surface area contributed by atoms with Gasteiger partial charge >= 0.3 is 0 Å². The molecule has 0 saturated carbocycles. The monoisotopic (exact) mass is 380 g/mol. The highest BCUT2D eigenvalue weighted by molar-refractivity contribution is 9.10. The Kier molecular flexibility index (Phi) is 5.96. The van der Waals surface area contributed by atoms with E-state index in [9.17, 15) is 13.6 Å². The van der Waals surface area contributed by atoms with Crippen molar-refractivity contribution >= 4 is 33.4 Å². The summed E-state index contributed by atoms with van der Waals surface area (Å²) in [6.07, 6.45) is -1.65. The van der Waals surface area contributed by atoms with Crippen LogP contribution in [-0.4, -0.2) is 54.9 Å². The fourth-order valence-corrected chi connectivity index (χ4v) is 3.14. The SMILES string of the molecule is O=C(c1ccc(Br)cc1Cl)N1CCCN(CC(F)F)CC1. The molecule has 0 unspecified atom stereocenters. The molecule has 0 aromatic heterocycles. The van der Waals surface area contributed by atoms with E-state index in [2.05, 4.69) is 15.9 Å². The number of nitrogens with zero attached hydrogens (tertiary/aromatic N) is 2. The Morgan fingerprint density at radius 3 is 2.71 bits per heavy atom. The number of hydrogen-bond acceptors (Lipinski definition) is 2. The number of carbonyl (C=O) groups excluding carboxylic acids is 1. The summed E-state index contributed by atoms with van der Waals surface area (Å²) >= 11 is 9.39. The predicted octanol–water partition coefficient (Wildman–Crippen LogP) is 3.52. The van der Waals surface area contributed by atoms with Crippen LogP contribution < -0.4 is 0 Å². The summed E-state index contributed by atoms with van der Waals surface area (Å²) in [6.45, 7) is 1.82. The number of alkyl halides is 2. The van der Waals surface area contributed by atoms with Crippen molar-refractivity contribution in [2.75, 3.05) is 32.7 Å². The summed E-state index contributed by atoms with van der Waals surface area (Å²) in [6, 6.07) is 5.12. The fraction of sp³-hybridized carbons (Fsp3) is 0.500. The van der Waals surface area contributed by atoms with Gasteiger partial charge < -0.3 is 4.90 Å². The third kappa shape index (κ3) is 4.63. The molecule has 0 atom stereocenters. The molecular formula is C14H16BrClF2N2O. The standard InChI is InChI=1S/C14H16BrClF2N2O/c15-10-2-3-11(12(16)8-10)14(21)20-5-1-4-19(6-7-20)9-13(17)18/h2-3,8,13H,1,4-7,9H2. The van der Waals surface area contributed by atoms with Crippen LogP contribution in [0.3, 0.4) is 0 Å². The maximum absolute atomic E-state index is 12.5. The van der Waals surface area contributed by atoms with E-state index in [1.807, 2.05) is 0 Å². The Morgan fingerprint density at radius 1 is 1.29 bits per heavy atom. The largest absolute Gasteiger partial charge is 0.337 e. The second-order valence-electron chi connectivity index (χ2n) is 4.96. The minimum atomic E-state index is -2.34. The van der Waals surface area contributed by atoms with E-state index in [4.69, 9.17) is 11.6 Å². The van der Waals surface area contributed by atoms with E-state index in [1.54, 1.807) is 28.0 Å². The molecule has 1 heterocycles. The quantitative estimate of drug-likeness (QED) is 0.800. The van der Waals surface area contributed by atoms with Gasteiger partial charge in [0.05, 0.1) is 17.1 Å². The molecular weight excluding hydrogens is 366 g/mol. The zero-order valence-electron chi connectivity index (χ0n) is 11.4. The summed E-state index contributed by atoms with van der Waals surface area (Å²) in [5.74, 6) is -0.147. The van der Waals surface area contributed by atoms with Crippen molar-refractivity contribution in [2.24, 2.45) is 0 Å². The van der Waals surface area contributed by atoms with Crippen molar-refractivity contribution in [1.29, 1.82) is 0 Å². The molecule has 0 aliphatic carbocycles. The maximum Gasteiger partial charge on any atom is 0.255 e. The number of carbonyl (C=O) groups is 1. The summed E-state index contributed by atoms with van der Waals surface area (Å²) in [5, 5.41) is 0.392. The molecule has 1 amide bonds. The average Bonchev–Trinajstić information content (AvgIpc) is 2.63. The summed E-state index contributed by atoms with van der Waals surface area (Å²) in [7, 11) is 0. The molecule has 7 heteroatoms. The van der Waals surface area contributed by atoms with Crippen molar-refractivity contribution in [1.82, 2.24) is 9.80 Å². The Hall–Kier alpha value is -0.720. The number of benzene rings is 1. The van der Waals surface area contributed by atoms with Gasteiger partial charge in [0, 0.05) is 30.7 Å². The molecule has 1 aliphatic rings. The lowest BCUT2D eigenvalue weighted by Gasteiger charge is -2.22. The zero-order chi connectivity index (χ0) is 15.4. The van der Waals surface area contributed by atoms with Crippen LogP contribution in [-0.2, 0) is 0 Å². The first-order valence-corrected chi connectivity index (χ1v) is 7.89. The minimum absolute atomic E-state index is 0.147. The van der Waals surface area contributed by atoms with Gasteiger partial charge in [-0.2, -0.15) is 0 Å². The normalized spacial score (nSPS) is 17.1. The smallest absolute Gasteiger partial charge is 0.255 e. The van der Waals surface area contributed by atoms with Crippen LogP contribution in [0.5, 0.6) is 0 Å². The van der Waals surface area contributed by atoms with E-state index in [-0.39, 0.29) is 12.5 Å². The Balaban J connectivity index is 2.03. The highest BCUT2D eigenvalue weighted by Crippen LogP contribution is 2.23.